The van der Waals surface area contributed by atoms with E-state index in [1.165, 1.54) is 6.07 Å². The zero-order chi connectivity index (χ0) is 24.0. The molecule has 0 amide bonds. The van der Waals surface area contributed by atoms with Crippen LogP contribution >= 0.6 is 0 Å². The largest absolute Gasteiger partial charge is 0.489 e. The van der Waals surface area contributed by atoms with Crippen LogP contribution in [0.3, 0.4) is 0 Å². The van der Waals surface area contributed by atoms with E-state index in [4.69, 9.17) is 9.84 Å². The Hall–Kier alpha value is -3.29. The summed E-state index contributed by atoms with van der Waals surface area (Å²) in [5, 5.41) is 10.1. The molecule has 2 aromatic carbocycles. The maximum absolute atomic E-state index is 13.8. The molecule has 2 aliphatic carbocycles. The highest BCUT2D eigenvalue weighted by Gasteiger charge is 2.38. The maximum Gasteiger partial charge on any atom is 0.416 e. The Kier molecular flexibility index (Phi) is 5.62. The molecule has 178 valence electrons. The minimum Gasteiger partial charge on any atom is -0.489 e. The molecule has 0 bridgehead atoms. The van der Waals surface area contributed by atoms with Crippen molar-refractivity contribution in [3.63, 3.8) is 0 Å². The number of ether oxygens (including phenoxy) is 1. The van der Waals surface area contributed by atoms with Crippen LogP contribution in [0, 0.1) is 0 Å². The van der Waals surface area contributed by atoms with E-state index in [0.29, 0.717) is 30.6 Å². The molecule has 0 radical (unpaired) electrons. The first-order valence-corrected chi connectivity index (χ1v) is 11.4. The minimum absolute atomic E-state index is 0.0399. The molecule has 1 aromatic heterocycles. The van der Waals surface area contributed by atoms with Crippen LogP contribution < -0.4 is 4.74 Å². The van der Waals surface area contributed by atoms with Crippen molar-refractivity contribution in [2.24, 2.45) is 0 Å². The van der Waals surface area contributed by atoms with Gasteiger partial charge in [0.15, 0.2) is 0 Å². The average molecular weight is 471 g/mol. The third kappa shape index (κ3) is 4.17. The summed E-state index contributed by atoms with van der Waals surface area (Å²) >= 11 is 0. The molecular formula is C26H24F3NO4. The van der Waals surface area contributed by atoms with Crippen LogP contribution in [-0.2, 0) is 28.8 Å². The highest BCUT2D eigenvalue weighted by molar-refractivity contribution is 5.88. The van der Waals surface area contributed by atoms with Crippen molar-refractivity contribution in [2.75, 3.05) is 0 Å². The number of Topliss-reactive ketones (excluding diaryl/α,β-unsaturated/α-hetero) is 1. The summed E-state index contributed by atoms with van der Waals surface area (Å²) in [5.74, 6) is -1.17. The second-order valence-electron chi connectivity index (χ2n) is 9.18. The monoisotopic (exact) mass is 471 g/mol. The summed E-state index contributed by atoms with van der Waals surface area (Å²) in [6.07, 6.45) is -1.54. The lowest BCUT2D eigenvalue weighted by Gasteiger charge is -2.18. The summed E-state index contributed by atoms with van der Waals surface area (Å²) in [4.78, 5) is 26.5. The van der Waals surface area contributed by atoms with Gasteiger partial charge < -0.3 is 14.8 Å². The molecule has 1 fully saturated rings. The smallest absolute Gasteiger partial charge is 0.416 e. The van der Waals surface area contributed by atoms with Gasteiger partial charge in [0.2, 0.25) is 0 Å². The van der Waals surface area contributed by atoms with E-state index >= 15 is 0 Å². The van der Waals surface area contributed by atoms with Gasteiger partial charge in [0.1, 0.15) is 18.1 Å². The molecule has 2 N–H and O–H groups in total. The number of aliphatic carboxylic acids is 1. The molecule has 2 aliphatic rings. The summed E-state index contributed by atoms with van der Waals surface area (Å²) in [5.41, 5.74) is 2.58. The first-order valence-electron chi connectivity index (χ1n) is 11.4. The number of carbonyl (C=O) groups is 2. The minimum atomic E-state index is -4.55. The number of hydrogen-bond acceptors (Lipinski definition) is 3. The zero-order valence-corrected chi connectivity index (χ0v) is 18.4. The Morgan fingerprint density at radius 3 is 2.65 bits per heavy atom. The van der Waals surface area contributed by atoms with Crippen molar-refractivity contribution in [2.45, 2.75) is 63.1 Å². The summed E-state index contributed by atoms with van der Waals surface area (Å²) in [6, 6.07) is 9.54. The number of aromatic amines is 1. The van der Waals surface area contributed by atoms with Crippen LogP contribution in [0.15, 0.2) is 36.4 Å². The Labute approximate surface area is 193 Å². The highest BCUT2D eigenvalue weighted by atomic mass is 19.4. The fourth-order valence-electron chi connectivity index (χ4n) is 5.39. The molecule has 5 rings (SSSR count). The fraction of sp³-hybridized carbons (Fsp3) is 0.385. The van der Waals surface area contributed by atoms with Gasteiger partial charge in [-0.2, -0.15) is 13.2 Å². The average Bonchev–Trinajstić information content (AvgIpc) is 3.47. The lowest BCUT2D eigenvalue weighted by atomic mass is 9.90. The van der Waals surface area contributed by atoms with Crippen molar-refractivity contribution >= 4 is 22.7 Å². The molecule has 0 spiro atoms. The van der Waals surface area contributed by atoms with Crippen LogP contribution in [0.2, 0.25) is 0 Å². The van der Waals surface area contributed by atoms with E-state index in [-0.39, 0.29) is 30.3 Å². The van der Waals surface area contributed by atoms with Gasteiger partial charge in [0.05, 0.1) is 12.0 Å². The number of benzene rings is 2. The number of rotatable bonds is 6. The zero-order valence-electron chi connectivity index (χ0n) is 18.4. The van der Waals surface area contributed by atoms with E-state index < -0.39 is 23.6 Å². The number of carboxylic acid groups (broad SMARTS) is 1. The Morgan fingerprint density at radius 1 is 1.12 bits per heavy atom. The molecule has 1 unspecified atom stereocenters. The number of nitrogens with one attached hydrogen (secondary N) is 1. The number of ketones is 1. The molecule has 1 heterocycles. The predicted octanol–water partition coefficient (Wildman–Crippen LogP) is 6.11. The number of hydrogen-bond donors (Lipinski definition) is 2. The van der Waals surface area contributed by atoms with Crippen molar-refractivity contribution in [3.05, 3.63) is 64.3 Å². The third-order valence-corrected chi connectivity index (χ3v) is 6.99. The van der Waals surface area contributed by atoms with Gasteiger partial charge in [-0.05, 0) is 66.6 Å². The second-order valence-corrected chi connectivity index (χ2v) is 9.18. The first-order chi connectivity index (χ1) is 16.2. The lowest BCUT2D eigenvalue weighted by molar-refractivity contribution is -0.139. The number of carboxylic acids is 1. The first kappa shape index (κ1) is 22.5. The number of carbonyl (C=O) groups excluding carboxylic acids is 1. The number of halogens is 3. The number of H-pyrrole nitrogens is 1. The van der Waals surface area contributed by atoms with Crippen molar-refractivity contribution in [1.82, 2.24) is 4.98 Å². The number of fused-ring (bicyclic) bond motifs is 3. The topological polar surface area (TPSA) is 79.4 Å². The fourth-order valence-corrected chi connectivity index (χ4v) is 5.39. The van der Waals surface area contributed by atoms with E-state index in [2.05, 4.69) is 4.98 Å². The number of aryl methyl sites for hydroxylation is 1. The standard InChI is InChI=1S/C26H24F3NO4/c27-26(28,29)21-10-14(4-7-17(21)18-2-1-3-23(18)31)13-34-16-6-9-22-20(12-16)19-8-5-15(11-24(32)33)25(19)30-22/h4,6-7,9-10,12,15,18,30H,1-3,5,8,11,13H2,(H,32,33)/t15?,18-/m0/s1. The predicted molar refractivity (Wildman–Crippen MR) is 119 cm³/mol. The molecule has 1 saturated carbocycles. The van der Waals surface area contributed by atoms with Gasteiger partial charge >= 0.3 is 12.1 Å². The van der Waals surface area contributed by atoms with Crippen LogP contribution in [0.1, 0.15) is 71.9 Å². The molecule has 34 heavy (non-hydrogen) atoms. The van der Waals surface area contributed by atoms with Crippen molar-refractivity contribution in [1.29, 1.82) is 0 Å². The van der Waals surface area contributed by atoms with Gasteiger partial charge in [0.25, 0.3) is 0 Å². The van der Waals surface area contributed by atoms with Crippen LogP contribution in [-0.4, -0.2) is 21.8 Å². The Morgan fingerprint density at radius 2 is 1.94 bits per heavy atom. The van der Waals surface area contributed by atoms with Crippen molar-refractivity contribution < 1.29 is 32.6 Å². The van der Waals surface area contributed by atoms with Crippen LogP contribution in [0.4, 0.5) is 13.2 Å². The Balaban J connectivity index is 1.37. The van der Waals surface area contributed by atoms with E-state index in [9.17, 15) is 22.8 Å². The van der Waals surface area contributed by atoms with Gasteiger partial charge in [-0.15, -0.1) is 0 Å². The second kappa shape index (κ2) is 8.49. The molecule has 3 aromatic rings. The van der Waals surface area contributed by atoms with Gasteiger partial charge in [-0.25, -0.2) is 0 Å². The van der Waals surface area contributed by atoms with Gasteiger partial charge in [-0.3, -0.25) is 9.59 Å². The quantitative estimate of drug-likeness (QED) is 0.455. The summed E-state index contributed by atoms with van der Waals surface area (Å²) in [7, 11) is 0. The highest BCUT2D eigenvalue weighted by Crippen LogP contribution is 2.42. The molecule has 5 nitrogen and oxygen atoms in total. The summed E-state index contributed by atoms with van der Waals surface area (Å²) in [6.45, 7) is -0.0399. The van der Waals surface area contributed by atoms with Crippen molar-refractivity contribution in [3.8, 4) is 5.75 Å². The Bertz CT molecular complexity index is 1280. The lowest BCUT2D eigenvalue weighted by Crippen LogP contribution is -2.15. The van der Waals surface area contributed by atoms with Crippen LogP contribution in [0.5, 0.6) is 5.75 Å². The molecule has 8 heteroatoms. The molecule has 0 saturated heterocycles. The molecule has 0 aliphatic heterocycles. The SMILES string of the molecule is O=C(O)CC1CCc2c1[nH]c1ccc(OCc3ccc([C@@H]4CCCC4=O)c(C(F)(F)F)c3)cc21. The van der Waals surface area contributed by atoms with Gasteiger partial charge in [0, 0.05) is 34.9 Å². The normalized spacial score (nSPS) is 20.1. The van der Waals surface area contributed by atoms with E-state index in [1.807, 2.05) is 12.1 Å². The number of alkyl halides is 3. The third-order valence-electron chi connectivity index (χ3n) is 6.99. The number of aromatic nitrogens is 1. The van der Waals surface area contributed by atoms with E-state index in [1.54, 1.807) is 12.1 Å². The summed E-state index contributed by atoms with van der Waals surface area (Å²) < 4.78 is 47.1. The maximum atomic E-state index is 13.8. The molecule has 2 atom stereocenters. The van der Waals surface area contributed by atoms with Gasteiger partial charge in [-0.1, -0.05) is 12.1 Å². The van der Waals surface area contributed by atoms with E-state index in [0.717, 1.165) is 41.1 Å². The van der Waals surface area contributed by atoms with Crippen LogP contribution in [0.25, 0.3) is 10.9 Å². The molecular weight excluding hydrogens is 447 g/mol.